The average Bonchev–Trinajstić information content (AvgIpc) is 2.46. The molecule has 1 atom stereocenters. The van der Waals surface area contributed by atoms with E-state index in [-0.39, 0.29) is 11.8 Å². The molecule has 3 N–H and O–H groups in total. The molecule has 4 nitrogen and oxygen atoms in total. The topological polar surface area (TPSA) is 58.4 Å². The van der Waals surface area contributed by atoms with Gasteiger partial charge < -0.3 is 16.0 Å². The number of nitrogens with zero attached hydrogens (tertiary/aromatic N) is 1. The van der Waals surface area contributed by atoms with Gasteiger partial charge in [-0.2, -0.15) is 0 Å². The molecule has 1 unspecified atom stereocenters. The van der Waals surface area contributed by atoms with Crippen molar-refractivity contribution in [3.8, 4) is 0 Å². The maximum Gasteiger partial charge on any atom is 0.222 e. The van der Waals surface area contributed by atoms with E-state index < -0.39 is 0 Å². The molecule has 4 heteroatoms. The van der Waals surface area contributed by atoms with Gasteiger partial charge in [0.1, 0.15) is 0 Å². The van der Waals surface area contributed by atoms with E-state index in [1.54, 1.807) is 0 Å². The monoisotopic (exact) mass is 261 g/mol. The number of primary amides is 1. The third kappa shape index (κ3) is 3.70. The van der Waals surface area contributed by atoms with Crippen LogP contribution in [0.4, 0.5) is 5.69 Å². The average molecular weight is 261 g/mol. The number of nitrogens with two attached hydrogens (primary N) is 1. The van der Waals surface area contributed by atoms with Crippen LogP contribution < -0.4 is 16.0 Å². The molecule has 19 heavy (non-hydrogen) atoms. The number of rotatable bonds is 5. The highest BCUT2D eigenvalue weighted by Gasteiger charge is 2.23. The molecule has 0 radical (unpaired) electrons. The second-order valence-corrected chi connectivity index (χ2v) is 5.13. The van der Waals surface area contributed by atoms with Gasteiger partial charge in [0, 0.05) is 25.3 Å². The maximum atomic E-state index is 11.3. The van der Waals surface area contributed by atoms with Crippen molar-refractivity contribution >= 4 is 11.6 Å². The molecule has 2 rings (SSSR count). The number of piperidine rings is 1. The third-order valence-corrected chi connectivity index (χ3v) is 3.70. The van der Waals surface area contributed by atoms with E-state index in [9.17, 15) is 4.79 Å². The minimum Gasteiger partial charge on any atom is -0.371 e. The first-order chi connectivity index (χ1) is 9.20. The van der Waals surface area contributed by atoms with Crippen LogP contribution in [-0.4, -0.2) is 25.5 Å². The second kappa shape index (κ2) is 6.57. The number of amides is 1. The van der Waals surface area contributed by atoms with Gasteiger partial charge in [-0.25, -0.2) is 0 Å². The van der Waals surface area contributed by atoms with Crippen molar-refractivity contribution < 1.29 is 4.79 Å². The van der Waals surface area contributed by atoms with Crippen LogP contribution in [0.25, 0.3) is 0 Å². The van der Waals surface area contributed by atoms with E-state index >= 15 is 0 Å². The van der Waals surface area contributed by atoms with Gasteiger partial charge in [0.05, 0.1) is 5.92 Å². The van der Waals surface area contributed by atoms with Crippen molar-refractivity contribution in [2.45, 2.75) is 26.3 Å². The van der Waals surface area contributed by atoms with Gasteiger partial charge in [0.25, 0.3) is 0 Å². The summed E-state index contributed by atoms with van der Waals surface area (Å²) < 4.78 is 0. The van der Waals surface area contributed by atoms with Gasteiger partial charge in [0.2, 0.25) is 5.91 Å². The summed E-state index contributed by atoms with van der Waals surface area (Å²) in [5.41, 5.74) is 7.89. The molecule has 1 aromatic rings. The Balaban J connectivity index is 1.99. The van der Waals surface area contributed by atoms with Crippen LogP contribution in [0.3, 0.4) is 0 Å². The first kappa shape index (κ1) is 13.9. The molecule has 1 aromatic carbocycles. The lowest BCUT2D eigenvalue weighted by Crippen LogP contribution is -2.41. The molecule has 0 saturated carbocycles. The van der Waals surface area contributed by atoms with Gasteiger partial charge in [0.15, 0.2) is 0 Å². The maximum absolute atomic E-state index is 11.3. The van der Waals surface area contributed by atoms with Gasteiger partial charge in [-0.1, -0.05) is 19.1 Å². The number of benzene rings is 1. The van der Waals surface area contributed by atoms with Crippen molar-refractivity contribution in [1.82, 2.24) is 5.32 Å². The second-order valence-electron chi connectivity index (χ2n) is 5.13. The minimum absolute atomic E-state index is 0.00446. The van der Waals surface area contributed by atoms with E-state index in [0.717, 1.165) is 39.0 Å². The zero-order chi connectivity index (χ0) is 13.7. The highest BCUT2D eigenvalue weighted by Crippen LogP contribution is 2.23. The molecule has 0 aromatic heterocycles. The summed E-state index contributed by atoms with van der Waals surface area (Å²) in [5.74, 6) is -0.177. The molecule has 1 aliphatic rings. The molecule has 1 aliphatic heterocycles. The third-order valence-electron chi connectivity index (χ3n) is 3.70. The highest BCUT2D eigenvalue weighted by atomic mass is 16.1. The predicted octanol–water partition coefficient (Wildman–Crippen LogP) is 1.50. The Labute approximate surface area is 115 Å². The number of hydrogen-bond donors (Lipinski definition) is 2. The number of carbonyl (C=O) groups excluding carboxylic acids is 1. The van der Waals surface area contributed by atoms with Crippen LogP contribution in [0.1, 0.15) is 25.3 Å². The van der Waals surface area contributed by atoms with Crippen LogP contribution in [0.15, 0.2) is 24.3 Å². The number of anilines is 1. The van der Waals surface area contributed by atoms with Crippen LogP contribution in [0.2, 0.25) is 0 Å². The first-order valence-electron chi connectivity index (χ1n) is 7.04. The standard InChI is InChI=1S/C15H23N3O/c1-2-17-10-12-5-7-14(8-6-12)18-9-3-4-13(11-18)15(16)19/h5-8,13,17H,2-4,9-11H2,1H3,(H2,16,19). The lowest BCUT2D eigenvalue weighted by Gasteiger charge is -2.33. The Morgan fingerprint density at radius 1 is 1.42 bits per heavy atom. The molecule has 0 bridgehead atoms. The van der Waals surface area contributed by atoms with Gasteiger partial charge in [-0.05, 0) is 37.1 Å². The SMILES string of the molecule is CCNCc1ccc(N2CCCC(C(N)=O)C2)cc1. The molecule has 0 spiro atoms. The van der Waals surface area contributed by atoms with Crippen molar-refractivity contribution in [3.05, 3.63) is 29.8 Å². The summed E-state index contributed by atoms with van der Waals surface area (Å²) in [6.07, 6.45) is 1.96. The Bertz CT molecular complexity index is 416. The zero-order valence-electron chi connectivity index (χ0n) is 11.6. The lowest BCUT2D eigenvalue weighted by atomic mass is 9.97. The summed E-state index contributed by atoms with van der Waals surface area (Å²) >= 11 is 0. The summed E-state index contributed by atoms with van der Waals surface area (Å²) in [7, 11) is 0. The van der Waals surface area contributed by atoms with E-state index in [2.05, 4.69) is 41.4 Å². The predicted molar refractivity (Wildman–Crippen MR) is 78.0 cm³/mol. The van der Waals surface area contributed by atoms with Crippen LogP contribution >= 0.6 is 0 Å². The number of carbonyl (C=O) groups is 1. The molecule has 0 aliphatic carbocycles. The summed E-state index contributed by atoms with van der Waals surface area (Å²) in [5, 5.41) is 3.31. The van der Waals surface area contributed by atoms with E-state index in [4.69, 9.17) is 5.73 Å². The van der Waals surface area contributed by atoms with Crippen LogP contribution in [0.5, 0.6) is 0 Å². The van der Waals surface area contributed by atoms with Gasteiger partial charge in [-0.15, -0.1) is 0 Å². The normalized spacial score (nSPS) is 19.4. The molecule has 1 amide bonds. The van der Waals surface area contributed by atoms with E-state index in [1.807, 2.05) is 0 Å². The van der Waals surface area contributed by atoms with Gasteiger partial charge in [-0.3, -0.25) is 4.79 Å². The Morgan fingerprint density at radius 2 is 2.16 bits per heavy atom. The summed E-state index contributed by atoms with van der Waals surface area (Å²) in [4.78, 5) is 13.6. The molecular formula is C15H23N3O. The molecule has 104 valence electrons. The smallest absolute Gasteiger partial charge is 0.222 e. The first-order valence-corrected chi connectivity index (χ1v) is 7.04. The Kier molecular flexibility index (Phi) is 4.80. The largest absolute Gasteiger partial charge is 0.371 e. The number of nitrogens with one attached hydrogen (secondary N) is 1. The van der Waals surface area contributed by atoms with Gasteiger partial charge >= 0.3 is 0 Å². The highest BCUT2D eigenvalue weighted by molar-refractivity contribution is 5.77. The van der Waals surface area contributed by atoms with E-state index in [0.29, 0.717) is 0 Å². The fourth-order valence-corrected chi connectivity index (χ4v) is 2.54. The molecule has 1 fully saturated rings. The minimum atomic E-state index is -0.173. The fourth-order valence-electron chi connectivity index (χ4n) is 2.54. The van der Waals surface area contributed by atoms with Crippen molar-refractivity contribution in [2.75, 3.05) is 24.5 Å². The molecule has 1 heterocycles. The quantitative estimate of drug-likeness (QED) is 0.844. The lowest BCUT2D eigenvalue weighted by molar-refractivity contribution is -0.122. The Hall–Kier alpha value is -1.55. The van der Waals surface area contributed by atoms with Crippen molar-refractivity contribution in [1.29, 1.82) is 0 Å². The number of hydrogen-bond acceptors (Lipinski definition) is 3. The Morgan fingerprint density at radius 3 is 2.79 bits per heavy atom. The zero-order valence-corrected chi connectivity index (χ0v) is 11.6. The summed E-state index contributed by atoms with van der Waals surface area (Å²) in [6.45, 7) is 5.75. The molecule has 1 saturated heterocycles. The van der Waals surface area contributed by atoms with E-state index in [1.165, 1.54) is 11.3 Å². The van der Waals surface area contributed by atoms with Crippen molar-refractivity contribution in [2.24, 2.45) is 11.7 Å². The summed E-state index contributed by atoms with van der Waals surface area (Å²) in [6, 6.07) is 8.56. The van der Waals surface area contributed by atoms with Crippen LogP contribution in [-0.2, 0) is 11.3 Å². The van der Waals surface area contributed by atoms with Crippen molar-refractivity contribution in [3.63, 3.8) is 0 Å². The van der Waals surface area contributed by atoms with Crippen LogP contribution in [0, 0.1) is 5.92 Å². The fraction of sp³-hybridized carbons (Fsp3) is 0.533. The molecular weight excluding hydrogens is 238 g/mol.